The maximum atomic E-state index is 12.8. The van der Waals surface area contributed by atoms with Gasteiger partial charge in [-0.25, -0.2) is 4.98 Å². The molecule has 0 unspecified atom stereocenters. The van der Waals surface area contributed by atoms with E-state index in [-0.39, 0.29) is 11.8 Å². The summed E-state index contributed by atoms with van der Waals surface area (Å²) in [5, 5.41) is 3.07. The molecule has 1 atom stereocenters. The quantitative estimate of drug-likeness (QED) is 0.819. The monoisotopic (exact) mass is 381 g/mol. The number of imidazole rings is 1. The lowest BCUT2D eigenvalue weighted by Gasteiger charge is -2.15. The minimum atomic E-state index is -0.0780. The van der Waals surface area contributed by atoms with Gasteiger partial charge in [-0.15, -0.1) is 0 Å². The van der Waals surface area contributed by atoms with Crippen LogP contribution in [0.5, 0.6) is 0 Å². The van der Waals surface area contributed by atoms with E-state index in [9.17, 15) is 9.59 Å². The lowest BCUT2D eigenvalue weighted by Crippen LogP contribution is -2.31. The fourth-order valence-corrected chi connectivity index (χ4v) is 4.15. The summed E-state index contributed by atoms with van der Waals surface area (Å²) in [4.78, 5) is 34.0. The first-order chi connectivity index (χ1) is 13.5. The zero-order valence-corrected chi connectivity index (χ0v) is 16.5. The molecule has 2 aliphatic rings. The molecule has 4 rings (SSSR count). The molecule has 28 heavy (non-hydrogen) atoms. The van der Waals surface area contributed by atoms with E-state index < -0.39 is 0 Å². The van der Waals surface area contributed by atoms with Crippen molar-refractivity contribution in [1.82, 2.24) is 24.7 Å². The molecule has 2 amide bonds. The standard InChI is InChI=1S/C21H27N5O2/c1-24-8-6-15(11-24)10-22-20(27)17-4-3-5-18-19(17)13-26(21(18)28)9-7-16-12-25(2)14-23-16/h3-5,12,14-15H,6-11,13H2,1-2H3,(H,22,27)/t15-/m1/s1. The van der Waals surface area contributed by atoms with E-state index in [0.29, 0.717) is 43.1 Å². The summed E-state index contributed by atoms with van der Waals surface area (Å²) in [7, 11) is 4.04. The SMILES string of the molecule is CN1CC[C@H](CNC(=O)c2cccc3c2CN(CCc2cn(C)cn2)C3=O)C1. The van der Waals surface area contributed by atoms with Crippen LogP contribution >= 0.6 is 0 Å². The topological polar surface area (TPSA) is 70.5 Å². The highest BCUT2D eigenvalue weighted by Crippen LogP contribution is 2.26. The van der Waals surface area contributed by atoms with Gasteiger partial charge >= 0.3 is 0 Å². The third-order valence-corrected chi connectivity index (χ3v) is 5.72. The van der Waals surface area contributed by atoms with Gasteiger partial charge in [-0.05, 0) is 43.6 Å². The lowest BCUT2D eigenvalue weighted by molar-refractivity contribution is 0.0778. The molecule has 2 aromatic rings. The highest BCUT2D eigenvalue weighted by atomic mass is 16.2. The van der Waals surface area contributed by atoms with E-state index in [2.05, 4.69) is 22.2 Å². The number of carbonyl (C=O) groups is 2. The third kappa shape index (κ3) is 3.80. The van der Waals surface area contributed by atoms with Crippen LogP contribution in [-0.2, 0) is 20.0 Å². The number of hydrogen-bond donors (Lipinski definition) is 1. The number of likely N-dealkylation sites (tertiary alicyclic amines) is 1. The highest BCUT2D eigenvalue weighted by Gasteiger charge is 2.31. The predicted octanol–water partition coefficient (Wildman–Crippen LogP) is 1.30. The molecule has 0 aliphatic carbocycles. The summed E-state index contributed by atoms with van der Waals surface area (Å²) in [5.41, 5.74) is 3.08. The van der Waals surface area contributed by atoms with Gasteiger partial charge < -0.3 is 19.7 Å². The Morgan fingerprint density at radius 1 is 1.32 bits per heavy atom. The van der Waals surface area contributed by atoms with Gasteiger partial charge in [0.1, 0.15) is 0 Å². The molecular formula is C21H27N5O2. The zero-order valence-electron chi connectivity index (χ0n) is 16.5. The molecule has 1 N–H and O–H groups in total. The largest absolute Gasteiger partial charge is 0.352 e. The summed E-state index contributed by atoms with van der Waals surface area (Å²) < 4.78 is 1.90. The molecule has 0 bridgehead atoms. The van der Waals surface area contributed by atoms with Gasteiger partial charge in [0.05, 0.1) is 12.0 Å². The molecule has 7 heteroatoms. The number of carbonyl (C=O) groups excluding carboxylic acids is 2. The van der Waals surface area contributed by atoms with E-state index in [1.165, 1.54) is 0 Å². The van der Waals surface area contributed by atoms with Crippen LogP contribution in [0.4, 0.5) is 0 Å². The lowest BCUT2D eigenvalue weighted by atomic mass is 10.0. The van der Waals surface area contributed by atoms with Crippen molar-refractivity contribution < 1.29 is 9.59 Å². The van der Waals surface area contributed by atoms with Gasteiger partial charge in [0.15, 0.2) is 0 Å². The second kappa shape index (κ2) is 7.75. The summed E-state index contributed by atoms with van der Waals surface area (Å²) in [6, 6.07) is 5.45. The Bertz CT molecular complexity index is 891. The van der Waals surface area contributed by atoms with E-state index in [1.807, 2.05) is 34.8 Å². The van der Waals surface area contributed by atoms with E-state index in [1.54, 1.807) is 12.4 Å². The molecule has 2 aliphatic heterocycles. The Morgan fingerprint density at radius 2 is 2.18 bits per heavy atom. The van der Waals surface area contributed by atoms with Crippen molar-refractivity contribution >= 4 is 11.8 Å². The van der Waals surface area contributed by atoms with Crippen LogP contribution in [0.3, 0.4) is 0 Å². The zero-order chi connectivity index (χ0) is 19.7. The molecule has 148 valence electrons. The van der Waals surface area contributed by atoms with Gasteiger partial charge in [0.25, 0.3) is 11.8 Å². The third-order valence-electron chi connectivity index (χ3n) is 5.72. The van der Waals surface area contributed by atoms with Crippen molar-refractivity contribution in [1.29, 1.82) is 0 Å². The summed E-state index contributed by atoms with van der Waals surface area (Å²) in [5.74, 6) is 0.422. The van der Waals surface area contributed by atoms with Crippen LogP contribution < -0.4 is 5.32 Å². The summed E-state index contributed by atoms with van der Waals surface area (Å²) >= 11 is 0. The van der Waals surface area contributed by atoms with E-state index >= 15 is 0 Å². The van der Waals surface area contributed by atoms with Crippen molar-refractivity contribution in [3.8, 4) is 0 Å². The number of aryl methyl sites for hydroxylation is 1. The van der Waals surface area contributed by atoms with Crippen molar-refractivity contribution in [3.63, 3.8) is 0 Å². The smallest absolute Gasteiger partial charge is 0.254 e. The first-order valence-corrected chi connectivity index (χ1v) is 9.86. The average molecular weight is 381 g/mol. The molecule has 1 aromatic heterocycles. The van der Waals surface area contributed by atoms with Crippen molar-refractivity contribution in [2.24, 2.45) is 13.0 Å². The van der Waals surface area contributed by atoms with Crippen molar-refractivity contribution in [2.75, 3.05) is 33.2 Å². The van der Waals surface area contributed by atoms with Crippen molar-refractivity contribution in [2.45, 2.75) is 19.4 Å². The van der Waals surface area contributed by atoms with E-state index in [0.717, 1.165) is 30.8 Å². The number of nitrogens with zero attached hydrogens (tertiary/aromatic N) is 4. The predicted molar refractivity (Wildman–Crippen MR) is 106 cm³/mol. The number of aromatic nitrogens is 2. The molecule has 1 saturated heterocycles. The highest BCUT2D eigenvalue weighted by molar-refractivity contribution is 6.04. The second-order valence-corrected chi connectivity index (χ2v) is 7.97. The number of benzene rings is 1. The molecule has 1 aromatic carbocycles. The number of fused-ring (bicyclic) bond motifs is 1. The number of amides is 2. The van der Waals surface area contributed by atoms with Gasteiger partial charge in [0.2, 0.25) is 0 Å². The van der Waals surface area contributed by atoms with Gasteiger partial charge in [-0.3, -0.25) is 9.59 Å². The molecular weight excluding hydrogens is 354 g/mol. The Labute approximate surface area is 165 Å². The molecule has 0 spiro atoms. The first kappa shape index (κ1) is 18.7. The minimum absolute atomic E-state index is 0.00185. The van der Waals surface area contributed by atoms with E-state index in [4.69, 9.17) is 0 Å². The molecule has 1 fully saturated rings. The molecule has 0 radical (unpaired) electrons. The number of hydrogen-bond acceptors (Lipinski definition) is 4. The Hall–Kier alpha value is -2.67. The van der Waals surface area contributed by atoms with Gasteiger partial charge in [-0.2, -0.15) is 0 Å². The van der Waals surface area contributed by atoms with Crippen molar-refractivity contribution in [3.05, 3.63) is 53.1 Å². The normalized spacial score (nSPS) is 19.3. The average Bonchev–Trinajstić information content (AvgIpc) is 3.37. The minimum Gasteiger partial charge on any atom is -0.352 e. The maximum absolute atomic E-state index is 12.8. The Morgan fingerprint density at radius 3 is 2.89 bits per heavy atom. The summed E-state index contributed by atoms with van der Waals surface area (Å²) in [6.45, 7) is 3.87. The Balaban J connectivity index is 1.41. The van der Waals surface area contributed by atoms with Crippen LogP contribution in [0.25, 0.3) is 0 Å². The number of rotatable bonds is 6. The number of nitrogens with one attached hydrogen (secondary N) is 1. The second-order valence-electron chi connectivity index (χ2n) is 7.97. The molecule has 3 heterocycles. The van der Waals surface area contributed by atoms with Crippen LogP contribution in [-0.4, -0.2) is 64.4 Å². The summed E-state index contributed by atoms with van der Waals surface area (Å²) in [6.07, 6.45) is 5.55. The van der Waals surface area contributed by atoms with Gasteiger partial charge in [0, 0.05) is 57.0 Å². The Kier molecular flexibility index (Phi) is 5.17. The fraction of sp³-hybridized carbons (Fsp3) is 0.476. The van der Waals surface area contributed by atoms with Crippen LogP contribution in [0.1, 0.15) is 38.4 Å². The maximum Gasteiger partial charge on any atom is 0.254 e. The van der Waals surface area contributed by atoms with Gasteiger partial charge in [-0.1, -0.05) is 6.07 Å². The molecule has 7 nitrogen and oxygen atoms in total. The fourth-order valence-electron chi connectivity index (χ4n) is 4.15. The first-order valence-electron chi connectivity index (χ1n) is 9.86. The van der Waals surface area contributed by atoms with Crippen LogP contribution in [0.15, 0.2) is 30.7 Å². The molecule has 0 saturated carbocycles. The van der Waals surface area contributed by atoms with Crippen LogP contribution in [0.2, 0.25) is 0 Å². The van der Waals surface area contributed by atoms with Crippen LogP contribution in [0, 0.1) is 5.92 Å².